The predicted octanol–water partition coefficient (Wildman–Crippen LogP) is 7.32. The minimum atomic E-state index is -0.346. The van der Waals surface area contributed by atoms with Crippen molar-refractivity contribution in [3.8, 4) is 38.7 Å². The van der Waals surface area contributed by atoms with Gasteiger partial charge in [-0.15, -0.1) is 16.4 Å². The number of amides is 1. The lowest BCUT2D eigenvalue weighted by Gasteiger charge is -2.10. The molecule has 7 aromatic rings. The Bertz CT molecular complexity index is 2100. The molecule has 0 fully saturated rings. The van der Waals surface area contributed by atoms with Crippen LogP contribution in [0.4, 0.5) is 10.1 Å². The number of carbonyl (C=O) groups excluding carboxylic acids is 1. The monoisotopic (exact) mass is 627 g/mol. The van der Waals surface area contributed by atoms with Crippen LogP contribution in [0, 0.1) is 5.82 Å². The average molecular weight is 628 g/mol. The molecule has 1 N–H and O–H groups in total. The number of ether oxygens (including phenoxy) is 3. The van der Waals surface area contributed by atoms with Gasteiger partial charge in [0.15, 0.2) is 5.76 Å². The molecule has 0 unspecified atom stereocenters. The molecule has 4 heterocycles. The molecule has 13 heteroatoms. The van der Waals surface area contributed by atoms with Crippen molar-refractivity contribution in [3.05, 3.63) is 95.4 Å². The van der Waals surface area contributed by atoms with E-state index < -0.39 is 0 Å². The van der Waals surface area contributed by atoms with Crippen LogP contribution < -0.4 is 19.5 Å². The highest BCUT2D eigenvalue weighted by atomic mass is 32.1. The number of hydrogen-bond acceptors (Lipinski definition) is 10. The lowest BCUT2D eigenvalue weighted by Crippen LogP contribution is -2.12. The minimum absolute atomic E-state index is 0.224. The molecule has 10 nitrogen and oxygen atoms in total. The van der Waals surface area contributed by atoms with Gasteiger partial charge in [0.2, 0.25) is 4.96 Å². The van der Waals surface area contributed by atoms with Gasteiger partial charge in [0.25, 0.3) is 11.1 Å². The molecule has 0 saturated heterocycles. The number of halogens is 1. The highest BCUT2D eigenvalue weighted by molar-refractivity contribution is 7.18. The van der Waals surface area contributed by atoms with Crippen molar-refractivity contribution < 1.29 is 27.8 Å². The van der Waals surface area contributed by atoms with Crippen LogP contribution in [-0.2, 0) is 6.61 Å². The van der Waals surface area contributed by atoms with E-state index in [2.05, 4.69) is 20.4 Å². The molecular weight excluding hydrogens is 606 g/mol. The number of nitrogens with one attached hydrogen (secondary N) is 1. The smallest absolute Gasteiger partial charge is 0.294 e. The molecule has 0 aliphatic rings. The first-order valence-corrected chi connectivity index (χ1v) is 14.9. The maximum atomic E-state index is 13.3. The maximum Gasteiger partial charge on any atom is 0.294 e. The molecule has 44 heavy (non-hydrogen) atoms. The Hall–Kier alpha value is -5.27. The second-order valence-electron chi connectivity index (χ2n) is 9.56. The summed E-state index contributed by atoms with van der Waals surface area (Å²) in [6, 6.07) is 18.8. The van der Waals surface area contributed by atoms with E-state index in [1.165, 1.54) is 34.8 Å². The van der Waals surface area contributed by atoms with E-state index in [0.717, 1.165) is 16.5 Å². The van der Waals surface area contributed by atoms with Crippen LogP contribution in [0.15, 0.2) is 82.7 Å². The molecule has 220 valence electrons. The molecule has 0 aliphatic carbocycles. The van der Waals surface area contributed by atoms with Crippen molar-refractivity contribution in [2.75, 3.05) is 19.5 Å². The normalized spacial score (nSPS) is 11.2. The number of hydrogen-bond donors (Lipinski definition) is 1. The Morgan fingerprint density at radius 1 is 1.05 bits per heavy atom. The maximum absolute atomic E-state index is 13.3. The summed E-state index contributed by atoms with van der Waals surface area (Å²) in [5.74, 6) is 1.03. The predicted molar refractivity (Wildman–Crippen MR) is 165 cm³/mol. The summed E-state index contributed by atoms with van der Waals surface area (Å²) in [7, 11) is 3.14. The first kappa shape index (κ1) is 27.6. The zero-order valence-electron chi connectivity index (χ0n) is 23.2. The SMILES string of the molecule is COc1cc(OCc2cccc(NC(=O)c3csc(-c4ccc(F)cc4)n3)c2)c2cc(-c3cn4nc(OC)sc4n3)oc2c1. The zero-order valence-corrected chi connectivity index (χ0v) is 24.9. The van der Waals surface area contributed by atoms with Gasteiger partial charge < -0.3 is 23.9 Å². The summed E-state index contributed by atoms with van der Waals surface area (Å²) < 4.78 is 37.9. The molecule has 7 rings (SSSR count). The summed E-state index contributed by atoms with van der Waals surface area (Å²) >= 11 is 2.65. The quantitative estimate of drug-likeness (QED) is 0.177. The zero-order chi connectivity index (χ0) is 30.2. The van der Waals surface area contributed by atoms with Crippen LogP contribution in [0.25, 0.3) is 38.0 Å². The molecule has 0 radical (unpaired) electrons. The highest BCUT2D eigenvalue weighted by Crippen LogP contribution is 2.37. The van der Waals surface area contributed by atoms with Gasteiger partial charge in [-0.25, -0.2) is 18.9 Å². The van der Waals surface area contributed by atoms with E-state index in [-0.39, 0.29) is 24.0 Å². The number of benzene rings is 3. The molecule has 3 aromatic carbocycles. The van der Waals surface area contributed by atoms with Crippen LogP contribution in [0.3, 0.4) is 0 Å². The second kappa shape index (κ2) is 11.4. The largest absolute Gasteiger partial charge is 0.496 e. The van der Waals surface area contributed by atoms with Crippen LogP contribution in [-0.4, -0.2) is 39.7 Å². The lowest BCUT2D eigenvalue weighted by atomic mass is 10.2. The number of thiazole rings is 1. The fourth-order valence-corrected chi connectivity index (χ4v) is 6.03. The molecule has 0 spiro atoms. The van der Waals surface area contributed by atoms with Crippen molar-refractivity contribution in [1.82, 2.24) is 19.6 Å². The van der Waals surface area contributed by atoms with E-state index in [0.29, 0.717) is 49.4 Å². The van der Waals surface area contributed by atoms with Crippen molar-refractivity contribution >= 4 is 50.2 Å². The lowest BCUT2D eigenvalue weighted by molar-refractivity contribution is 0.102. The average Bonchev–Trinajstić information content (AvgIpc) is 3.83. The van der Waals surface area contributed by atoms with E-state index in [9.17, 15) is 9.18 Å². The first-order valence-electron chi connectivity index (χ1n) is 13.2. The van der Waals surface area contributed by atoms with E-state index in [4.69, 9.17) is 18.6 Å². The highest BCUT2D eigenvalue weighted by Gasteiger charge is 2.18. The fourth-order valence-electron chi connectivity index (χ4n) is 4.53. The van der Waals surface area contributed by atoms with E-state index >= 15 is 0 Å². The van der Waals surface area contributed by atoms with Gasteiger partial charge in [0, 0.05) is 28.8 Å². The molecule has 4 aromatic heterocycles. The van der Waals surface area contributed by atoms with Crippen molar-refractivity contribution in [2.24, 2.45) is 0 Å². The number of carbonyl (C=O) groups is 1. The number of anilines is 1. The van der Waals surface area contributed by atoms with Crippen LogP contribution in [0.2, 0.25) is 0 Å². The topological polar surface area (TPSA) is 113 Å². The van der Waals surface area contributed by atoms with Gasteiger partial charge in [-0.2, -0.15) is 0 Å². The Morgan fingerprint density at radius 2 is 1.91 bits per heavy atom. The molecule has 0 saturated carbocycles. The van der Waals surface area contributed by atoms with Gasteiger partial charge in [0.1, 0.15) is 45.9 Å². The summed E-state index contributed by atoms with van der Waals surface area (Å²) in [5.41, 5.74) is 3.66. The Balaban J connectivity index is 1.08. The van der Waals surface area contributed by atoms with Gasteiger partial charge in [0.05, 0.1) is 25.8 Å². The molecule has 1 amide bonds. The minimum Gasteiger partial charge on any atom is -0.496 e. The van der Waals surface area contributed by atoms with Crippen LogP contribution >= 0.6 is 22.7 Å². The molecule has 0 bridgehead atoms. The Kier molecular flexibility index (Phi) is 7.16. The van der Waals surface area contributed by atoms with Gasteiger partial charge in [-0.3, -0.25) is 4.79 Å². The third-order valence-corrected chi connectivity index (χ3v) is 8.44. The van der Waals surface area contributed by atoms with Gasteiger partial charge in [-0.05, 0) is 59.4 Å². The molecular formula is C31H22FN5O5S2. The van der Waals surface area contributed by atoms with Crippen LogP contribution in [0.1, 0.15) is 16.1 Å². The van der Waals surface area contributed by atoms with Gasteiger partial charge in [-0.1, -0.05) is 12.1 Å². The fraction of sp³-hybridized carbons (Fsp3) is 0.0968. The summed E-state index contributed by atoms with van der Waals surface area (Å²) in [5, 5.41) is 10.8. The number of furan rings is 1. The third kappa shape index (κ3) is 5.45. The van der Waals surface area contributed by atoms with Crippen LogP contribution in [0.5, 0.6) is 16.7 Å². The Morgan fingerprint density at radius 3 is 2.70 bits per heavy atom. The summed E-state index contributed by atoms with van der Waals surface area (Å²) in [6.45, 7) is 0.224. The van der Waals surface area contributed by atoms with Crippen molar-refractivity contribution in [1.29, 1.82) is 0 Å². The summed E-state index contributed by atoms with van der Waals surface area (Å²) in [4.78, 5) is 22.6. The van der Waals surface area contributed by atoms with E-state index in [1.54, 1.807) is 60.6 Å². The van der Waals surface area contributed by atoms with Crippen molar-refractivity contribution in [2.45, 2.75) is 6.61 Å². The number of fused-ring (bicyclic) bond motifs is 2. The molecule has 0 aliphatic heterocycles. The van der Waals surface area contributed by atoms with Gasteiger partial charge >= 0.3 is 0 Å². The third-order valence-electron chi connectivity index (χ3n) is 6.67. The molecule has 0 atom stereocenters. The number of imidazole rings is 1. The standard InChI is InChI=1S/C31H22FN5O5S2/c1-39-21-11-25(22-13-27(42-26(22)12-21)23-14-37-30(35-23)44-31(36-37)40-2)41-15-17-4-3-5-20(10-17)33-28(38)24-16-43-29(34-24)18-6-8-19(32)9-7-18/h3-14,16H,15H2,1-2H3,(H,33,38). The number of methoxy groups -OCH3 is 2. The second-order valence-corrected chi connectivity index (χ2v) is 11.3. The van der Waals surface area contributed by atoms with Crippen molar-refractivity contribution in [3.63, 3.8) is 0 Å². The number of aromatic nitrogens is 4. The van der Waals surface area contributed by atoms with E-state index in [1.807, 2.05) is 24.3 Å². The summed E-state index contributed by atoms with van der Waals surface area (Å²) in [6.07, 6.45) is 1.78. The Labute approximate surface area is 257 Å². The number of nitrogens with zero attached hydrogens (tertiary/aromatic N) is 4. The first-order chi connectivity index (χ1) is 21.4. The number of rotatable bonds is 9.